The van der Waals surface area contributed by atoms with Gasteiger partial charge in [0.05, 0.1) is 13.7 Å². The van der Waals surface area contributed by atoms with Crippen LogP contribution in [0, 0.1) is 0 Å². The summed E-state index contributed by atoms with van der Waals surface area (Å²) in [6.45, 7) is 0.676. The Morgan fingerprint density at radius 3 is 2.58 bits per heavy atom. The first-order valence-corrected chi connectivity index (χ1v) is 5.96. The maximum absolute atomic E-state index is 11.9. The van der Waals surface area contributed by atoms with E-state index in [1.165, 1.54) is 7.11 Å². The molecule has 1 aromatic rings. The van der Waals surface area contributed by atoms with Crippen molar-refractivity contribution in [1.82, 2.24) is 0 Å². The van der Waals surface area contributed by atoms with Crippen LogP contribution in [0.2, 0.25) is 0 Å². The Morgan fingerprint density at radius 1 is 1.26 bits per heavy atom. The normalized spacial score (nSPS) is 11.6. The van der Waals surface area contributed by atoms with Crippen molar-refractivity contribution >= 4 is 0 Å². The highest BCUT2D eigenvalue weighted by Crippen LogP contribution is 2.23. The summed E-state index contributed by atoms with van der Waals surface area (Å²) >= 11 is 0. The number of hydrogen-bond acceptors (Lipinski definition) is 3. The summed E-state index contributed by atoms with van der Waals surface area (Å²) in [6, 6.07) is 5.45. The summed E-state index contributed by atoms with van der Waals surface area (Å²) in [5.41, 5.74) is 7.24. The molecule has 3 nitrogen and oxygen atoms in total. The van der Waals surface area contributed by atoms with Gasteiger partial charge in [-0.1, -0.05) is 6.07 Å². The number of methoxy groups -OCH3 is 1. The zero-order valence-electron chi connectivity index (χ0n) is 10.8. The maximum Gasteiger partial charge on any atom is 0.389 e. The minimum Gasteiger partial charge on any atom is -0.496 e. The molecule has 0 aromatic heterocycles. The molecule has 0 saturated heterocycles. The topological polar surface area (TPSA) is 44.5 Å². The molecule has 6 heteroatoms. The van der Waals surface area contributed by atoms with Crippen molar-refractivity contribution in [2.45, 2.75) is 32.2 Å². The first kappa shape index (κ1) is 15.8. The van der Waals surface area contributed by atoms with E-state index >= 15 is 0 Å². The van der Waals surface area contributed by atoms with Crippen LogP contribution in [0.4, 0.5) is 13.2 Å². The Bertz CT molecular complexity index is 394. The van der Waals surface area contributed by atoms with Crippen LogP contribution in [-0.4, -0.2) is 19.9 Å². The van der Waals surface area contributed by atoms with Gasteiger partial charge < -0.3 is 15.2 Å². The van der Waals surface area contributed by atoms with E-state index in [4.69, 9.17) is 15.2 Å². The Balaban J connectivity index is 2.43. The van der Waals surface area contributed by atoms with E-state index in [2.05, 4.69) is 0 Å². The van der Waals surface area contributed by atoms with Gasteiger partial charge in [-0.2, -0.15) is 13.2 Å². The summed E-state index contributed by atoms with van der Waals surface area (Å²) in [5, 5.41) is 0. The second-order valence-corrected chi connectivity index (χ2v) is 4.12. The molecule has 0 amide bonds. The molecule has 1 aromatic carbocycles. The maximum atomic E-state index is 11.9. The van der Waals surface area contributed by atoms with Crippen LogP contribution in [-0.2, 0) is 17.9 Å². The predicted molar refractivity (Wildman–Crippen MR) is 65.8 cm³/mol. The first-order valence-electron chi connectivity index (χ1n) is 5.96. The SMILES string of the molecule is COc1ccc(CN)cc1COCCCC(F)(F)F. The van der Waals surface area contributed by atoms with E-state index < -0.39 is 12.6 Å². The third-order valence-corrected chi connectivity index (χ3v) is 2.59. The Morgan fingerprint density at radius 2 is 2.00 bits per heavy atom. The zero-order chi connectivity index (χ0) is 14.3. The van der Waals surface area contributed by atoms with Gasteiger partial charge in [0.1, 0.15) is 5.75 Å². The zero-order valence-corrected chi connectivity index (χ0v) is 10.8. The van der Waals surface area contributed by atoms with Crippen molar-refractivity contribution in [3.8, 4) is 5.75 Å². The fraction of sp³-hybridized carbons (Fsp3) is 0.538. The number of halogens is 3. The Labute approximate surface area is 110 Å². The van der Waals surface area contributed by atoms with Crippen molar-refractivity contribution in [3.63, 3.8) is 0 Å². The van der Waals surface area contributed by atoms with E-state index in [1.807, 2.05) is 12.1 Å². The van der Waals surface area contributed by atoms with Crippen molar-refractivity contribution in [2.24, 2.45) is 5.73 Å². The molecule has 1 rings (SSSR count). The fourth-order valence-corrected chi connectivity index (χ4v) is 1.63. The van der Waals surface area contributed by atoms with Gasteiger partial charge in [-0.3, -0.25) is 0 Å². The molecule has 2 N–H and O–H groups in total. The molecule has 0 aliphatic carbocycles. The lowest BCUT2D eigenvalue weighted by atomic mass is 10.1. The number of hydrogen-bond donors (Lipinski definition) is 1. The summed E-state index contributed by atoms with van der Waals surface area (Å²) in [4.78, 5) is 0. The number of ether oxygens (including phenoxy) is 2. The fourth-order valence-electron chi connectivity index (χ4n) is 1.63. The molecule has 0 atom stereocenters. The molecule has 0 radical (unpaired) electrons. The molecule has 0 bridgehead atoms. The largest absolute Gasteiger partial charge is 0.496 e. The van der Waals surface area contributed by atoms with Crippen LogP contribution in [0.25, 0.3) is 0 Å². The van der Waals surface area contributed by atoms with Crippen molar-refractivity contribution < 1.29 is 22.6 Å². The van der Waals surface area contributed by atoms with Crippen molar-refractivity contribution in [1.29, 1.82) is 0 Å². The van der Waals surface area contributed by atoms with Crippen LogP contribution in [0.5, 0.6) is 5.75 Å². The second kappa shape index (κ2) is 7.35. The molecule has 19 heavy (non-hydrogen) atoms. The van der Waals surface area contributed by atoms with Crippen LogP contribution < -0.4 is 10.5 Å². The van der Waals surface area contributed by atoms with Gasteiger partial charge in [0, 0.05) is 25.1 Å². The average molecular weight is 277 g/mol. The highest BCUT2D eigenvalue weighted by atomic mass is 19.4. The Kier molecular flexibility index (Phi) is 6.11. The monoisotopic (exact) mass is 277 g/mol. The van der Waals surface area contributed by atoms with Gasteiger partial charge in [-0.25, -0.2) is 0 Å². The lowest BCUT2D eigenvalue weighted by Crippen LogP contribution is -2.09. The Hall–Kier alpha value is -1.27. The highest BCUT2D eigenvalue weighted by molar-refractivity contribution is 5.36. The molecule has 0 spiro atoms. The quantitative estimate of drug-likeness (QED) is 0.779. The molecule has 0 heterocycles. The average Bonchev–Trinajstić information content (AvgIpc) is 2.36. The van der Waals surface area contributed by atoms with E-state index in [-0.39, 0.29) is 19.6 Å². The van der Waals surface area contributed by atoms with Gasteiger partial charge in [-0.05, 0) is 24.1 Å². The van der Waals surface area contributed by atoms with Crippen molar-refractivity contribution in [2.75, 3.05) is 13.7 Å². The molecule has 0 fully saturated rings. The molecular weight excluding hydrogens is 259 g/mol. The van der Waals surface area contributed by atoms with E-state index in [1.54, 1.807) is 6.07 Å². The standard InChI is InChI=1S/C13H18F3NO2/c1-18-12-4-3-10(8-17)7-11(12)9-19-6-2-5-13(14,15)16/h3-4,7H,2,5-6,8-9,17H2,1H3. The minimum atomic E-state index is -4.12. The second-order valence-electron chi connectivity index (χ2n) is 4.12. The van der Waals surface area contributed by atoms with Gasteiger partial charge in [-0.15, -0.1) is 0 Å². The van der Waals surface area contributed by atoms with Gasteiger partial charge in [0.2, 0.25) is 0 Å². The smallest absolute Gasteiger partial charge is 0.389 e. The van der Waals surface area contributed by atoms with E-state index in [0.717, 1.165) is 11.1 Å². The summed E-state index contributed by atoms with van der Waals surface area (Å²) in [6.07, 6.45) is -4.99. The van der Waals surface area contributed by atoms with Crippen LogP contribution >= 0.6 is 0 Å². The van der Waals surface area contributed by atoms with Gasteiger partial charge >= 0.3 is 6.18 Å². The molecule has 108 valence electrons. The summed E-state index contributed by atoms with van der Waals surface area (Å²) in [5.74, 6) is 0.646. The summed E-state index contributed by atoms with van der Waals surface area (Å²) < 4.78 is 46.2. The highest BCUT2D eigenvalue weighted by Gasteiger charge is 2.25. The molecular formula is C13H18F3NO2. The third kappa shape index (κ3) is 5.94. The minimum absolute atomic E-state index is 0.0393. The molecule has 0 aliphatic heterocycles. The van der Waals surface area contributed by atoms with Crippen LogP contribution in [0.3, 0.4) is 0 Å². The number of alkyl halides is 3. The molecule has 0 unspecified atom stereocenters. The predicted octanol–water partition coefficient (Wildman–Crippen LogP) is 3.01. The van der Waals surface area contributed by atoms with Gasteiger partial charge in [0.15, 0.2) is 0 Å². The third-order valence-electron chi connectivity index (χ3n) is 2.59. The number of nitrogens with two attached hydrogens (primary N) is 1. The lowest BCUT2D eigenvalue weighted by molar-refractivity contribution is -0.138. The summed E-state index contributed by atoms with van der Waals surface area (Å²) in [7, 11) is 1.53. The van der Waals surface area contributed by atoms with E-state index in [9.17, 15) is 13.2 Å². The first-order chi connectivity index (χ1) is 8.96. The van der Waals surface area contributed by atoms with Crippen LogP contribution in [0.1, 0.15) is 24.0 Å². The molecule has 0 aliphatic rings. The number of benzene rings is 1. The van der Waals surface area contributed by atoms with E-state index in [0.29, 0.717) is 12.3 Å². The van der Waals surface area contributed by atoms with Crippen LogP contribution in [0.15, 0.2) is 18.2 Å². The number of rotatable bonds is 7. The van der Waals surface area contributed by atoms with Crippen molar-refractivity contribution in [3.05, 3.63) is 29.3 Å². The van der Waals surface area contributed by atoms with Gasteiger partial charge in [0.25, 0.3) is 0 Å². The lowest BCUT2D eigenvalue weighted by Gasteiger charge is -2.11. The molecule has 0 saturated carbocycles.